The van der Waals surface area contributed by atoms with Crippen LogP contribution >= 0.6 is 0 Å². The summed E-state index contributed by atoms with van der Waals surface area (Å²) in [6.45, 7) is 5.68. The molecule has 1 heterocycles. The standard InChI is InChI=1S/C14H18N4O/c1-3-15-12-7-5-11(6-8-12)14(19)17-13-9-16-18(4-2)10-13/h5-10,15H,3-4H2,1-2H3,(H,17,19). The second-order valence-electron chi connectivity index (χ2n) is 4.15. The predicted octanol–water partition coefficient (Wildman–Crippen LogP) is 2.59. The minimum absolute atomic E-state index is 0.126. The lowest BCUT2D eigenvalue weighted by Gasteiger charge is -2.05. The highest BCUT2D eigenvalue weighted by Crippen LogP contribution is 2.12. The van der Waals surface area contributed by atoms with Crippen molar-refractivity contribution < 1.29 is 4.79 Å². The minimum atomic E-state index is -0.126. The third-order valence-corrected chi connectivity index (χ3v) is 2.74. The summed E-state index contributed by atoms with van der Waals surface area (Å²) in [6, 6.07) is 7.40. The van der Waals surface area contributed by atoms with Crippen LogP contribution in [0, 0.1) is 0 Å². The van der Waals surface area contributed by atoms with Gasteiger partial charge >= 0.3 is 0 Å². The van der Waals surface area contributed by atoms with Crippen molar-refractivity contribution in [1.29, 1.82) is 0 Å². The van der Waals surface area contributed by atoms with Gasteiger partial charge in [-0.3, -0.25) is 9.48 Å². The Hall–Kier alpha value is -2.30. The van der Waals surface area contributed by atoms with Gasteiger partial charge in [-0.15, -0.1) is 0 Å². The summed E-state index contributed by atoms with van der Waals surface area (Å²) in [5, 5.41) is 10.1. The first-order valence-electron chi connectivity index (χ1n) is 6.40. The molecule has 5 nitrogen and oxygen atoms in total. The van der Waals surface area contributed by atoms with Crippen LogP contribution in [0.4, 0.5) is 11.4 Å². The van der Waals surface area contributed by atoms with Gasteiger partial charge in [0.25, 0.3) is 5.91 Å². The van der Waals surface area contributed by atoms with E-state index in [1.54, 1.807) is 23.0 Å². The molecule has 2 rings (SSSR count). The van der Waals surface area contributed by atoms with Crippen molar-refractivity contribution in [3.05, 3.63) is 42.2 Å². The van der Waals surface area contributed by atoms with Crippen molar-refractivity contribution in [2.24, 2.45) is 0 Å². The lowest BCUT2D eigenvalue weighted by molar-refractivity contribution is 0.102. The molecule has 0 fully saturated rings. The van der Waals surface area contributed by atoms with Crippen molar-refractivity contribution in [2.75, 3.05) is 17.2 Å². The van der Waals surface area contributed by atoms with Crippen LogP contribution in [0.1, 0.15) is 24.2 Å². The smallest absolute Gasteiger partial charge is 0.255 e. The van der Waals surface area contributed by atoms with E-state index in [2.05, 4.69) is 15.7 Å². The first-order valence-corrected chi connectivity index (χ1v) is 6.40. The van der Waals surface area contributed by atoms with Gasteiger partial charge in [0.2, 0.25) is 0 Å². The molecule has 1 amide bonds. The van der Waals surface area contributed by atoms with Gasteiger partial charge in [0.15, 0.2) is 0 Å². The Morgan fingerprint density at radius 3 is 2.53 bits per heavy atom. The molecule has 0 unspecified atom stereocenters. The molecule has 1 aromatic heterocycles. The Morgan fingerprint density at radius 2 is 1.95 bits per heavy atom. The fraction of sp³-hybridized carbons (Fsp3) is 0.286. The zero-order valence-corrected chi connectivity index (χ0v) is 11.2. The Morgan fingerprint density at radius 1 is 1.21 bits per heavy atom. The van der Waals surface area contributed by atoms with E-state index in [-0.39, 0.29) is 5.91 Å². The molecule has 0 saturated carbocycles. The topological polar surface area (TPSA) is 59.0 Å². The zero-order valence-electron chi connectivity index (χ0n) is 11.2. The monoisotopic (exact) mass is 258 g/mol. The summed E-state index contributed by atoms with van der Waals surface area (Å²) in [4.78, 5) is 12.0. The summed E-state index contributed by atoms with van der Waals surface area (Å²) in [6.07, 6.45) is 3.46. The maximum absolute atomic E-state index is 12.0. The summed E-state index contributed by atoms with van der Waals surface area (Å²) < 4.78 is 1.77. The van der Waals surface area contributed by atoms with Crippen LogP contribution in [-0.4, -0.2) is 22.2 Å². The number of aromatic nitrogens is 2. The normalized spacial score (nSPS) is 10.2. The van der Waals surface area contributed by atoms with E-state index in [9.17, 15) is 4.79 Å². The van der Waals surface area contributed by atoms with E-state index in [1.807, 2.05) is 32.2 Å². The Labute approximate surface area is 112 Å². The van der Waals surface area contributed by atoms with Gasteiger partial charge in [-0.2, -0.15) is 5.10 Å². The molecule has 0 saturated heterocycles. The molecule has 0 radical (unpaired) electrons. The van der Waals surface area contributed by atoms with Gasteiger partial charge in [0.1, 0.15) is 0 Å². The van der Waals surface area contributed by atoms with E-state index in [4.69, 9.17) is 0 Å². The van der Waals surface area contributed by atoms with Gasteiger partial charge in [-0.1, -0.05) is 0 Å². The van der Waals surface area contributed by atoms with Gasteiger partial charge in [-0.25, -0.2) is 0 Å². The summed E-state index contributed by atoms with van der Waals surface area (Å²) in [5.41, 5.74) is 2.35. The molecule has 5 heteroatoms. The van der Waals surface area contributed by atoms with E-state index >= 15 is 0 Å². The third kappa shape index (κ3) is 3.34. The van der Waals surface area contributed by atoms with Crippen LogP contribution in [0.3, 0.4) is 0 Å². The number of nitrogens with zero attached hydrogens (tertiary/aromatic N) is 2. The van der Waals surface area contributed by atoms with Crippen molar-refractivity contribution >= 4 is 17.3 Å². The number of rotatable bonds is 5. The predicted molar refractivity (Wildman–Crippen MR) is 76.5 cm³/mol. The zero-order chi connectivity index (χ0) is 13.7. The van der Waals surface area contributed by atoms with Gasteiger partial charge < -0.3 is 10.6 Å². The summed E-state index contributed by atoms with van der Waals surface area (Å²) in [7, 11) is 0. The second kappa shape index (κ2) is 6.04. The molecule has 0 aliphatic heterocycles. The van der Waals surface area contributed by atoms with E-state index in [0.717, 1.165) is 18.8 Å². The highest BCUT2D eigenvalue weighted by atomic mass is 16.1. The third-order valence-electron chi connectivity index (χ3n) is 2.74. The van der Waals surface area contributed by atoms with Crippen molar-refractivity contribution in [2.45, 2.75) is 20.4 Å². The average Bonchev–Trinajstić information content (AvgIpc) is 2.87. The molecule has 2 N–H and O–H groups in total. The van der Waals surface area contributed by atoms with Crippen LogP contribution < -0.4 is 10.6 Å². The lowest BCUT2D eigenvalue weighted by atomic mass is 10.2. The first-order chi connectivity index (χ1) is 9.22. The fourth-order valence-electron chi connectivity index (χ4n) is 1.75. The van der Waals surface area contributed by atoms with Crippen LogP contribution in [0.2, 0.25) is 0 Å². The second-order valence-corrected chi connectivity index (χ2v) is 4.15. The molecule has 0 bridgehead atoms. The summed E-state index contributed by atoms with van der Waals surface area (Å²) >= 11 is 0. The average molecular weight is 258 g/mol. The summed E-state index contributed by atoms with van der Waals surface area (Å²) in [5.74, 6) is -0.126. The SMILES string of the molecule is CCNc1ccc(C(=O)Nc2cnn(CC)c2)cc1. The van der Waals surface area contributed by atoms with Crippen LogP contribution in [-0.2, 0) is 6.54 Å². The number of nitrogens with one attached hydrogen (secondary N) is 2. The Kier molecular flexibility index (Phi) is 4.18. The number of carbonyl (C=O) groups is 1. The Bertz CT molecular complexity index is 545. The molecule has 100 valence electrons. The van der Waals surface area contributed by atoms with E-state index in [0.29, 0.717) is 11.3 Å². The highest BCUT2D eigenvalue weighted by Gasteiger charge is 2.07. The minimum Gasteiger partial charge on any atom is -0.385 e. The largest absolute Gasteiger partial charge is 0.385 e. The van der Waals surface area contributed by atoms with Crippen molar-refractivity contribution in [1.82, 2.24) is 9.78 Å². The molecule has 0 aliphatic rings. The molecule has 19 heavy (non-hydrogen) atoms. The number of carbonyl (C=O) groups excluding carboxylic acids is 1. The van der Waals surface area contributed by atoms with E-state index < -0.39 is 0 Å². The molecular weight excluding hydrogens is 240 g/mol. The number of aryl methyl sites for hydroxylation is 1. The van der Waals surface area contributed by atoms with Crippen LogP contribution in [0.15, 0.2) is 36.7 Å². The number of hydrogen-bond donors (Lipinski definition) is 2. The van der Waals surface area contributed by atoms with Crippen LogP contribution in [0.25, 0.3) is 0 Å². The van der Waals surface area contributed by atoms with Crippen LogP contribution in [0.5, 0.6) is 0 Å². The highest BCUT2D eigenvalue weighted by molar-refractivity contribution is 6.04. The number of benzene rings is 1. The van der Waals surface area contributed by atoms with Gasteiger partial charge in [0.05, 0.1) is 11.9 Å². The number of hydrogen-bond acceptors (Lipinski definition) is 3. The molecule has 1 aromatic carbocycles. The molecule has 0 aliphatic carbocycles. The number of anilines is 2. The molecule has 2 aromatic rings. The van der Waals surface area contributed by atoms with E-state index in [1.165, 1.54) is 0 Å². The maximum Gasteiger partial charge on any atom is 0.255 e. The van der Waals surface area contributed by atoms with Gasteiger partial charge in [0, 0.05) is 30.5 Å². The molecule has 0 spiro atoms. The first kappa shape index (κ1) is 13.1. The molecular formula is C14H18N4O. The maximum atomic E-state index is 12.0. The van der Waals surface area contributed by atoms with Gasteiger partial charge in [-0.05, 0) is 38.1 Å². The molecule has 0 atom stereocenters. The van der Waals surface area contributed by atoms with Crippen molar-refractivity contribution in [3.63, 3.8) is 0 Å². The quantitative estimate of drug-likeness (QED) is 0.866. The fourth-order valence-corrected chi connectivity index (χ4v) is 1.75. The van der Waals surface area contributed by atoms with Crippen molar-refractivity contribution in [3.8, 4) is 0 Å². The number of amides is 1. The lowest BCUT2D eigenvalue weighted by Crippen LogP contribution is -2.11. The Balaban J connectivity index is 2.02.